The average Bonchev–Trinajstić information content (AvgIpc) is 3.08. The molecule has 0 spiro atoms. The number of anilines is 1. The summed E-state index contributed by atoms with van der Waals surface area (Å²) in [4.78, 5) is 21.1. The predicted molar refractivity (Wildman–Crippen MR) is 114 cm³/mol. The highest BCUT2D eigenvalue weighted by Gasteiger charge is 2.17. The molecule has 0 aliphatic rings. The summed E-state index contributed by atoms with van der Waals surface area (Å²) in [6, 6.07) is 8.13. The SMILES string of the molecule is Cc1ccccc1CSc1ncc(Cl)c(C(=O)Nc2nnc(CC(C)C)s2)n1. The van der Waals surface area contributed by atoms with Crippen molar-refractivity contribution in [2.75, 3.05) is 5.32 Å². The van der Waals surface area contributed by atoms with Crippen molar-refractivity contribution < 1.29 is 4.79 Å². The molecule has 1 aromatic carbocycles. The third-order valence-corrected chi connectivity index (χ3v) is 5.87. The van der Waals surface area contributed by atoms with Crippen LogP contribution in [0.25, 0.3) is 0 Å². The molecule has 28 heavy (non-hydrogen) atoms. The van der Waals surface area contributed by atoms with Gasteiger partial charge >= 0.3 is 0 Å². The molecule has 2 heterocycles. The van der Waals surface area contributed by atoms with Gasteiger partial charge in [0.25, 0.3) is 5.91 Å². The van der Waals surface area contributed by atoms with Gasteiger partial charge in [0, 0.05) is 12.2 Å². The smallest absolute Gasteiger partial charge is 0.277 e. The van der Waals surface area contributed by atoms with Crippen molar-refractivity contribution in [1.82, 2.24) is 20.2 Å². The summed E-state index contributed by atoms with van der Waals surface area (Å²) in [5.74, 6) is 0.766. The Morgan fingerprint density at radius 2 is 2.07 bits per heavy atom. The Labute approximate surface area is 177 Å². The summed E-state index contributed by atoms with van der Waals surface area (Å²) in [6.07, 6.45) is 2.27. The molecule has 0 aliphatic carbocycles. The standard InChI is InChI=1S/C19H20ClN5OS2/c1-11(2)8-15-24-25-19(28-15)23-17(26)16-14(20)9-21-18(22-16)27-10-13-7-5-4-6-12(13)3/h4-7,9,11H,8,10H2,1-3H3,(H,23,25,26). The number of thioether (sulfide) groups is 1. The lowest BCUT2D eigenvalue weighted by atomic mass is 10.1. The van der Waals surface area contributed by atoms with E-state index in [0.29, 0.717) is 22.0 Å². The van der Waals surface area contributed by atoms with Crippen LogP contribution in [0.4, 0.5) is 5.13 Å². The lowest BCUT2D eigenvalue weighted by Crippen LogP contribution is -2.15. The highest BCUT2D eigenvalue weighted by molar-refractivity contribution is 7.98. The number of nitrogens with zero attached hydrogens (tertiary/aromatic N) is 4. The quantitative estimate of drug-likeness (QED) is 0.415. The van der Waals surface area contributed by atoms with Gasteiger partial charge in [-0.1, -0.05) is 72.8 Å². The molecule has 146 valence electrons. The number of aromatic nitrogens is 4. The third-order valence-electron chi connectivity index (χ3n) is 3.83. The fraction of sp³-hybridized carbons (Fsp3) is 0.316. The first-order valence-electron chi connectivity index (χ1n) is 8.76. The van der Waals surface area contributed by atoms with Gasteiger partial charge < -0.3 is 0 Å². The summed E-state index contributed by atoms with van der Waals surface area (Å²) in [7, 11) is 0. The molecule has 0 aliphatic heterocycles. The maximum atomic E-state index is 12.6. The number of amides is 1. The van der Waals surface area contributed by atoms with Crippen molar-refractivity contribution in [3.8, 4) is 0 Å². The van der Waals surface area contributed by atoms with Crippen LogP contribution in [0.15, 0.2) is 35.6 Å². The first-order valence-corrected chi connectivity index (χ1v) is 10.9. The monoisotopic (exact) mass is 433 g/mol. The van der Waals surface area contributed by atoms with Crippen LogP contribution in [0, 0.1) is 12.8 Å². The first kappa shape index (κ1) is 20.7. The molecule has 9 heteroatoms. The Balaban J connectivity index is 1.69. The fourth-order valence-corrected chi connectivity index (χ4v) is 4.40. The number of carbonyl (C=O) groups excluding carboxylic acids is 1. The Morgan fingerprint density at radius 3 is 2.82 bits per heavy atom. The zero-order valence-corrected chi connectivity index (χ0v) is 18.2. The van der Waals surface area contributed by atoms with E-state index in [1.807, 2.05) is 12.1 Å². The van der Waals surface area contributed by atoms with E-state index in [2.05, 4.69) is 58.4 Å². The van der Waals surface area contributed by atoms with Crippen LogP contribution in [0.1, 0.15) is 40.5 Å². The summed E-state index contributed by atoms with van der Waals surface area (Å²) in [5, 5.41) is 12.9. The number of hydrogen-bond acceptors (Lipinski definition) is 7. The van der Waals surface area contributed by atoms with E-state index < -0.39 is 5.91 Å². The first-order chi connectivity index (χ1) is 13.4. The highest BCUT2D eigenvalue weighted by atomic mass is 35.5. The van der Waals surface area contributed by atoms with Gasteiger partial charge in [-0.15, -0.1) is 10.2 Å². The number of halogens is 1. The zero-order chi connectivity index (χ0) is 20.1. The molecule has 1 N–H and O–H groups in total. The van der Waals surface area contributed by atoms with Crippen LogP contribution in [-0.4, -0.2) is 26.1 Å². The van der Waals surface area contributed by atoms with Gasteiger partial charge in [-0.25, -0.2) is 9.97 Å². The van der Waals surface area contributed by atoms with E-state index in [1.54, 1.807) is 0 Å². The summed E-state index contributed by atoms with van der Waals surface area (Å²) in [6.45, 7) is 6.28. The molecule has 0 unspecified atom stereocenters. The number of benzene rings is 1. The Hall–Kier alpha value is -2.03. The van der Waals surface area contributed by atoms with Crippen molar-refractivity contribution >= 4 is 45.7 Å². The molecule has 0 saturated heterocycles. The van der Waals surface area contributed by atoms with E-state index in [0.717, 1.165) is 11.4 Å². The molecule has 6 nitrogen and oxygen atoms in total. The lowest BCUT2D eigenvalue weighted by Gasteiger charge is -2.07. The normalized spacial score (nSPS) is 11.0. The molecule has 3 aromatic rings. The second-order valence-corrected chi connectivity index (χ2v) is 9.03. The molecule has 0 bridgehead atoms. The van der Waals surface area contributed by atoms with Gasteiger partial charge in [0.15, 0.2) is 10.9 Å². The van der Waals surface area contributed by atoms with E-state index in [4.69, 9.17) is 11.6 Å². The second-order valence-electron chi connectivity index (χ2n) is 6.62. The number of nitrogens with one attached hydrogen (secondary N) is 1. The van der Waals surface area contributed by atoms with Gasteiger partial charge in [0.1, 0.15) is 5.01 Å². The van der Waals surface area contributed by atoms with Crippen molar-refractivity contribution in [3.05, 3.63) is 57.3 Å². The minimum atomic E-state index is -0.419. The van der Waals surface area contributed by atoms with Crippen LogP contribution in [0.5, 0.6) is 0 Å². The summed E-state index contributed by atoms with van der Waals surface area (Å²) >= 11 is 8.96. The zero-order valence-electron chi connectivity index (χ0n) is 15.8. The molecule has 2 aromatic heterocycles. The van der Waals surface area contributed by atoms with Gasteiger partial charge in [0.05, 0.1) is 11.2 Å². The van der Waals surface area contributed by atoms with E-state index in [-0.39, 0.29) is 10.7 Å². The highest BCUT2D eigenvalue weighted by Crippen LogP contribution is 2.24. The molecule has 0 saturated carbocycles. The second kappa shape index (κ2) is 9.45. The molecular formula is C19H20ClN5OS2. The Morgan fingerprint density at radius 1 is 1.29 bits per heavy atom. The number of hydrogen-bond donors (Lipinski definition) is 1. The van der Waals surface area contributed by atoms with E-state index in [9.17, 15) is 4.79 Å². The fourth-order valence-electron chi connectivity index (χ4n) is 2.39. The number of rotatable bonds is 7. The van der Waals surface area contributed by atoms with Crippen LogP contribution in [0.2, 0.25) is 5.02 Å². The van der Waals surface area contributed by atoms with Gasteiger partial charge in [-0.05, 0) is 24.0 Å². The maximum absolute atomic E-state index is 12.6. The minimum Gasteiger partial charge on any atom is -0.295 e. The van der Waals surface area contributed by atoms with Gasteiger partial charge in [0.2, 0.25) is 5.13 Å². The Bertz CT molecular complexity index is 976. The largest absolute Gasteiger partial charge is 0.295 e. The predicted octanol–water partition coefficient (Wildman–Crippen LogP) is 5.03. The van der Waals surface area contributed by atoms with E-state index in [1.165, 1.54) is 40.4 Å². The van der Waals surface area contributed by atoms with Crippen molar-refractivity contribution in [2.24, 2.45) is 5.92 Å². The topological polar surface area (TPSA) is 80.7 Å². The molecule has 1 amide bonds. The summed E-state index contributed by atoms with van der Waals surface area (Å²) < 4.78 is 0. The third kappa shape index (κ3) is 5.50. The van der Waals surface area contributed by atoms with Gasteiger partial charge in [-0.2, -0.15) is 0 Å². The van der Waals surface area contributed by atoms with E-state index >= 15 is 0 Å². The average molecular weight is 434 g/mol. The molecule has 0 radical (unpaired) electrons. The molecule has 3 rings (SSSR count). The molecule has 0 fully saturated rings. The van der Waals surface area contributed by atoms with Crippen LogP contribution in [0.3, 0.4) is 0 Å². The lowest BCUT2D eigenvalue weighted by molar-refractivity contribution is 0.102. The van der Waals surface area contributed by atoms with Crippen molar-refractivity contribution in [2.45, 2.75) is 38.1 Å². The molecular weight excluding hydrogens is 414 g/mol. The summed E-state index contributed by atoms with van der Waals surface area (Å²) in [5.41, 5.74) is 2.53. The van der Waals surface area contributed by atoms with Gasteiger partial charge in [-0.3, -0.25) is 10.1 Å². The maximum Gasteiger partial charge on any atom is 0.277 e. The number of aryl methyl sites for hydroxylation is 1. The van der Waals surface area contributed by atoms with Crippen LogP contribution in [-0.2, 0) is 12.2 Å². The Kier molecular flexibility index (Phi) is 6.98. The minimum absolute atomic E-state index is 0.129. The van der Waals surface area contributed by atoms with Crippen LogP contribution >= 0.6 is 34.7 Å². The number of carbonyl (C=O) groups is 1. The van der Waals surface area contributed by atoms with Crippen molar-refractivity contribution in [3.63, 3.8) is 0 Å². The molecule has 0 atom stereocenters. The van der Waals surface area contributed by atoms with Crippen molar-refractivity contribution in [1.29, 1.82) is 0 Å². The van der Waals surface area contributed by atoms with Crippen LogP contribution < -0.4 is 5.32 Å².